The van der Waals surface area contributed by atoms with E-state index in [0.717, 1.165) is 4.31 Å². The molecule has 1 aromatic carbocycles. The van der Waals surface area contributed by atoms with E-state index in [1.165, 1.54) is 20.2 Å². The molecule has 8 heteroatoms. The molecular weight excluding hydrogens is 333 g/mol. The highest BCUT2D eigenvalue weighted by Gasteiger charge is 2.25. The molecule has 1 rings (SSSR count). The Hall–Kier alpha value is -0.0400. The average molecular weight is 347 g/mol. The number of likely N-dealkylation sites (N-methyl/N-ethyl adjacent to an activating group) is 1. The number of sulfonamides is 1. The Kier molecular flexibility index (Phi) is 6.36. The normalized spacial score (nSPS) is 12.1. The molecule has 0 N–H and O–H groups in total. The van der Waals surface area contributed by atoms with Crippen LogP contribution < -0.4 is 0 Å². The SMILES string of the molecule is COCCN(C)S(=O)(=O)c1cc(Cl)cc(CCl)c1Cl. The Bertz CT molecular complexity index is 548. The summed E-state index contributed by atoms with van der Waals surface area (Å²) in [4.78, 5) is -0.0454. The predicted molar refractivity (Wildman–Crippen MR) is 77.7 cm³/mol. The highest BCUT2D eigenvalue weighted by molar-refractivity contribution is 7.89. The molecule has 0 saturated heterocycles. The first-order valence-corrected chi connectivity index (χ1v) is 8.06. The average Bonchev–Trinajstić information content (AvgIpc) is 2.37. The number of ether oxygens (including phenoxy) is 1. The molecule has 0 aliphatic carbocycles. The van der Waals surface area contributed by atoms with Gasteiger partial charge >= 0.3 is 0 Å². The van der Waals surface area contributed by atoms with E-state index in [1.54, 1.807) is 6.07 Å². The third-order valence-corrected chi connectivity index (χ3v) is 5.47. The Morgan fingerprint density at radius 1 is 1.32 bits per heavy atom. The Morgan fingerprint density at radius 2 is 1.95 bits per heavy atom. The second-order valence-electron chi connectivity index (χ2n) is 3.83. The van der Waals surface area contributed by atoms with Crippen molar-refractivity contribution in [2.75, 3.05) is 27.3 Å². The van der Waals surface area contributed by atoms with Gasteiger partial charge in [-0.1, -0.05) is 23.2 Å². The van der Waals surface area contributed by atoms with Crippen LogP contribution in [-0.2, 0) is 20.6 Å². The van der Waals surface area contributed by atoms with E-state index in [0.29, 0.717) is 5.56 Å². The monoisotopic (exact) mass is 345 g/mol. The number of halogens is 3. The predicted octanol–water partition coefficient (Wildman–Crippen LogP) is 3.00. The van der Waals surface area contributed by atoms with Gasteiger partial charge < -0.3 is 4.74 Å². The van der Waals surface area contributed by atoms with Gasteiger partial charge in [-0.2, -0.15) is 4.31 Å². The number of rotatable bonds is 6. The van der Waals surface area contributed by atoms with Gasteiger partial charge in [-0.05, 0) is 17.7 Å². The van der Waals surface area contributed by atoms with Gasteiger partial charge in [0.15, 0.2) is 0 Å². The largest absolute Gasteiger partial charge is 0.383 e. The molecule has 19 heavy (non-hydrogen) atoms. The molecule has 1 aromatic rings. The van der Waals surface area contributed by atoms with Crippen molar-refractivity contribution in [1.82, 2.24) is 4.31 Å². The van der Waals surface area contributed by atoms with Gasteiger partial charge in [-0.25, -0.2) is 8.42 Å². The van der Waals surface area contributed by atoms with Gasteiger partial charge in [0.25, 0.3) is 0 Å². The molecule has 0 aliphatic rings. The van der Waals surface area contributed by atoms with Crippen LogP contribution in [0.2, 0.25) is 10.0 Å². The van der Waals surface area contributed by atoms with Gasteiger partial charge in [0.2, 0.25) is 10.0 Å². The zero-order valence-electron chi connectivity index (χ0n) is 10.5. The van der Waals surface area contributed by atoms with Crippen LogP contribution in [0.1, 0.15) is 5.56 Å². The molecule has 0 radical (unpaired) electrons. The van der Waals surface area contributed by atoms with Gasteiger partial charge in [-0.3, -0.25) is 0 Å². The molecule has 108 valence electrons. The number of methoxy groups -OCH3 is 1. The minimum atomic E-state index is -3.72. The lowest BCUT2D eigenvalue weighted by Crippen LogP contribution is -2.30. The summed E-state index contributed by atoms with van der Waals surface area (Å²) in [5.74, 6) is 0.0870. The van der Waals surface area contributed by atoms with Crippen LogP contribution in [0.15, 0.2) is 17.0 Å². The topological polar surface area (TPSA) is 46.6 Å². The highest BCUT2D eigenvalue weighted by atomic mass is 35.5. The molecule has 0 spiro atoms. The summed E-state index contributed by atoms with van der Waals surface area (Å²) < 4.78 is 30.7. The van der Waals surface area contributed by atoms with E-state index in [2.05, 4.69) is 0 Å². The molecule has 0 aliphatic heterocycles. The fourth-order valence-corrected chi connectivity index (χ4v) is 3.75. The van der Waals surface area contributed by atoms with Crippen LogP contribution >= 0.6 is 34.8 Å². The van der Waals surface area contributed by atoms with Crippen LogP contribution in [0, 0.1) is 0 Å². The van der Waals surface area contributed by atoms with Crippen molar-refractivity contribution in [1.29, 1.82) is 0 Å². The molecule has 0 heterocycles. The first kappa shape index (κ1) is 17.0. The second-order valence-corrected chi connectivity index (χ2v) is 6.93. The van der Waals surface area contributed by atoms with Gasteiger partial charge in [0.1, 0.15) is 4.90 Å². The third-order valence-electron chi connectivity index (χ3n) is 2.52. The zero-order valence-corrected chi connectivity index (χ0v) is 13.6. The summed E-state index contributed by atoms with van der Waals surface area (Å²) in [7, 11) is -0.770. The van der Waals surface area contributed by atoms with E-state index in [1.807, 2.05) is 0 Å². The fourth-order valence-electron chi connectivity index (χ4n) is 1.41. The standard InChI is InChI=1S/C11H14Cl3NO3S/c1-15(3-4-18-2)19(16,17)10-6-9(13)5-8(7-12)11(10)14/h5-6H,3-4,7H2,1-2H3. The molecule has 0 amide bonds. The van der Waals surface area contributed by atoms with E-state index >= 15 is 0 Å². The van der Waals surface area contributed by atoms with Crippen molar-refractivity contribution in [2.45, 2.75) is 10.8 Å². The van der Waals surface area contributed by atoms with Crippen LogP contribution in [0.5, 0.6) is 0 Å². The maximum atomic E-state index is 12.4. The van der Waals surface area contributed by atoms with Crippen LogP contribution in [0.25, 0.3) is 0 Å². The maximum Gasteiger partial charge on any atom is 0.244 e. The summed E-state index contributed by atoms with van der Waals surface area (Å²) >= 11 is 17.7. The van der Waals surface area contributed by atoms with Crippen molar-refractivity contribution in [3.05, 3.63) is 27.7 Å². The maximum absolute atomic E-state index is 12.4. The van der Waals surface area contributed by atoms with Crippen molar-refractivity contribution >= 4 is 44.8 Å². The summed E-state index contributed by atoms with van der Waals surface area (Å²) in [6.45, 7) is 0.508. The van der Waals surface area contributed by atoms with E-state index in [9.17, 15) is 8.42 Å². The van der Waals surface area contributed by atoms with Crippen molar-refractivity contribution in [3.63, 3.8) is 0 Å². The first-order chi connectivity index (χ1) is 8.84. The van der Waals surface area contributed by atoms with E-state index in [4.69, 9.17) is 39.5 Å². The fraction of sp³-hybridized carbons (Fsp3) is 0.455. The number of nitrogens with zero attached hydrogens (tertiary/aromatic N) is 1. The summed E-state index contributed by atoms with van der Waals surface area (Å²) in [5.41, 5.74) is 0.481. The quantitative estimate of drug-likeness (QED) is 0.744. The minimum Gasteiger partial charge on any atom is -0.383 e. The number of hydrogen-bond donors (Lipinski definition) is 0. The van der Waals surface area contributed by atoms with E-state index < -0.39 is 10.0 Å². The smallest absolute Gasteiger partial charge is 0.244 e. The van der Waals surface area contributed by atoms with Crippen LogP contribution in [0.4, 0.5) is 0 Å². The number of hydrogen-bond acceptors (Lipinski definition) is 3. The lowest BCUT2D eigenvalue weighted by atomic mass is 10.2. The molecule has 0 atom stereocenters. The Balaban J connectivity index is 3.25. The minimum absolute atomic E-state index is 0.0454. The molecule has 0 bridgehead atoms. The molecule has 0 fully saturated rings. The van der Waals surface area contributed by atoms with Crippen LogP contribution in [-0.4, -0.2) is 40.0 Å². The summed E-state index contributed by atoms with van der Waals surface area (Å²) in [6, 6.07) is 2.86. The second kappa shape index (κ2) is 7.11. The lowest BCUT2D eigenvalue weighted by molar-refractivity contribution is 0.185. The highest BCUT2D eigenvalue weighted by Crippen LogP contribution is 2.31. The number of benzene rings is 1. The Morgan fingerprint density at radius 3 is 2.47 bits per heavy atom. The summed E-state index contributed by atoms with van der Waals surface area (Å²) in [5, 5.41) is 0.377. The van der Waals surface area contributed by atoms with Gasteiger partial charge in [0, 0.05) is 31.6 Å². The van der Waals surface area contributed by atoms with Crippen molar-refractivity contribution in [2.24, 2.45) is 0 Å². The zero-order chi connectivity index (χ0) is 14.6. The molecule has 0 aromatic heterocycles. The van der Waals surface area contributed by atoms with E-state index in [-0.39, 0.29) is 34.0 Å². The van der Waals surface area contributed by atoms with Crippen molar-refractivity contribution < 1.29 is 13.2 Å². The summed E-state index contributed by atoms with van der Waals surface area (Å²) in [6.07, 6.45) is 0. The molecule has 0 saturated carbocycles. The molecule has 0 unspecified atom stereocenters. The lowest BCUT2D eigenvalue weighted by Gasteiger charge is -2.18. The molecular formula is C11H14Cl3NO3S. The Labute approximate surface area is 128 Å². The van der Waals surface area contributed by atoms with Gasteiger partial charge in [0.05, 0.1) is 11.6 Å². The van der Waals surface area contributed by atoms with Gasteiger partial charge in [-0.15, -0.1) is 11.6 Å². The van der Waals surface area contributed by atoms with Crippen LogP contribution in [0.3, 0.4) is 0 Å². The molecule has 4 nitrogen and oxygen atoms in total. The third kappa shape index (κ3) is 3.97. The first-order valence-electron chi connectivity index (χ1n) is 5.33. The number of alkyl halides is 1. The van der Waals surface area contributed by atoms with Crippen molar-refractivity contribution in [3.8, 4) is 0 Å².